The fourth-order valence-electron chi connectivity index (χ4n) is 1.18. The fraction of sp³-hybridized carbons (Fsp3) is 0.333. The minimum absolute atomic E-state index is 0.00706. The van der Waals surface area contributed by atoms with Gasteiger partial charge >= 0.3 is 10.4 Å². The molecule has 8 heteroatoms. The van der Waals surface area contributed by atoms with Crippen LogP contribution in [0, 0.1) is 0 Å². The van der Waals surface area contributed by atoms with Gasteiger partial charge < -0.3 is 19.1 Å². The van der Waals surface area contributed by atoms with Gasteiger partial charge in [0.25, 0.3) is 0 Å². The van der Waals surface area contributed by atoms with E-state index >= 15 is 0 Å². The maximum absolute atomic E-state index is 10.5. The zero-order valence-corrected chi connectivity index (χ0v) is 9.72. The topological polar surface area (TPSA) is 113 Å². The Kier molecular flexibility index (Phi) is 4.29. The van der Waals surface area contributed by atoms with Gasteiger partial charge in [-0.2, -0.15) is 8.42 Å². The highest BCUT2D eigenvalue weighted by Gasteiger charge is 2.15. The molecule has 1 aromatic rings. The Hall–Kier alpha value is -1.35. The maximum atomic E-state index is 10.5. The van der Waals surface area contributed by atoms with Gasteiger partial charge in [0, 0.05) is 0 Å². The predicted octanol–water partition coefficient (Wildman–Crippen LogP) is -0.0975. The summed E-state index contributed by atoms with van der Waals surface area (Å²) < 4.78 is 38.7. The van der Waals surface area contributed by atoms with E-state index in [1.165, 1.54) is 25.3 Å². The van der Waals surface area contributed by atoms with Crippen molar-refractivity contribution in [2.24, 2.45) is 0 Å². The van der Waals surface area contributed by atoms with Gasteiger partial charge in [-0.3, -0.25) is 4.55 Å². The lowest BCUT2D eigenvalue weighted by Gasteiger charge is -2.12. The van der Waals surface area contributed by atoms with Crippen LogP contribution in [-0.2, 0) is 10.4 Å². The van der Waals surface area contributed by atoms with Crippen LogP contribution >= 0.6 is 0 Å². The quantitative estimate of drug-likeness (QED) is 0.636. The number of ether oxygens (including phenoxy) is 1. The second-order valence-corrected chi connectivity index (χ2v) is 4.14. The highest BCUT2D eigenvalue weighted by Crippen LogP contribution is 2.31. The number of aliphatic hydroxyl groups excluding tert-OH is 2. The lowest BCUT2D eigenvalue weighted by atomic mass is 10.1. The van der Waals surface area contributed by atoms with E-state index in [1.54, 1.807) is 0 Å². The van der Waals surface area contributed by atoms with Crippen molar-refractivity contribution in [1.29, 1.82) is 0 Å². The summed E-state index contributed by atoms with van der Waals surface area (Å²) in [7, 11) is -3.38. The molecule has 1 rings (SSSR count). The van der Waals surface area contributed by atoms with E-state index in [0.717, 1.165) is 0 Å². The van der Waals surface area contributed by atoms with Crippen LogP contribution in [0.15, 0.2) is 18.2 Å². The molecule has 0 aromatic heterocycles. The second kappa shape index (κ2) is 5.32. The molecule has 17 heavy (non-hydrogen) atoms. The third-order valence-corrected chi connectivity index (χ3v) is 2.33. The van der Waals surface area contributed by atoms with Gasteiger partial charge in [0.15, 0.2) is 11.5 Å². The molecular weight excluding hydrogens is 252 g/mol. The maximum Gasteiger partial charge on any atom is 0.446 e. The van der Waals surface area contributed by atoms with Crippen LogP contribution in [0.4, 0.5) is 0 Å². The summed E-state index contributed by atoms with van der Waals surface area (Å²) in [4.78, 5) is 0. The van der Waals surface area contributed by atoms with Crippen molar-refractivity contribution >= 4 is 10.4 Å². The van der Waals surface area contributed by atoms with Gasteiger partial charge in [-0.1, -0.05) is 6.07 Å². The fourth-order valence-corrected chi connectivity index (χ4v) is 1.54. The molecule has 3 N–H and O–H groups in total. The molecule has 0 bridgehead atoms. The molecule has 1 atom stereocenters. The Labute approximate surface area is 98.2 Å². The summed E-state index contributed by atoms with van der Waals surface area (Å²) >= 11 is 0. The summed E-state index contributed by atoms with van der Waals surface area (Å²) in [6.07, 6.45) is -1.11. The Morgan fingerprint density at radius 2 is 2.00 bits per heavy atom. The highest BCUT2D eigenvalue weighted by atomic mass is 32.3. The number of benzene rings is 1. The first-order chi connectivity index (χ1) is 7.87. The molecule has 0 amide bonds. The minimum Gasteiger partial charge on any atom is -0.493 e. The number of hydrogen-bond acceptors (Lipinski definition) is 6. The Bertz CT molecular complexity index is 482. The molecular formula is C9H12O7S. The largest absolute Gasteiger partial charge is 0.493 e. The van der Waals surface area contributed by atoms with Crippen LogP contribution in [0.25, 0.3) is 0 Å². The molecule has 0 heterocycles. The summed E-state index contributed by atoms with van der Waals surface area (Å²) in [5.41, 5.74) is 0.326. The zero-order valence-electron chi connectivity index (χ0n) is 8.90. The SMILES string of the molecule is COc1cc([C@H](O)CO)ccc1OS(=O)(=O)O. The normalized spacial score (nSPS) is 13.2. The van der Waals surface area contributed by atoms with E-state index in [2.05, 4.69) is 4.18 Å². The molecule has 96 valence electrons. The van der Waals surface area contributed by atoms with Gasteiger partial charge in [0.1, 0.15) is 6.10 Å². The van der Waals surface area contributed by atoms with E-state index < -0.39 is 23.1 Å². The first kappa shape index (κ1) is 13.7. The molecule has 0 spiro atoms. The molecule has 0 aliphatic heterocycles. The third kappa shape index (κ3) is 3.86. The van der Waals surface area contributed by atoms with E-state index in [0.29, 0.717) is 5.56 Å². The molecule has 1 aromatic carbocycles. The van der Waals surface area contributed by atoms with Crippen molar-refractivity contribution in [2.75, 3.05) is 13.7 Å². The minimum atomic E-state index is -4.64. The zero-order chi connectivity index (χ0) is 13.1. The molecule has 0 unspecified atom stereocenters. The highest BCUT2D eigenvalue weighted by molar-refractivity contribution is 7.81. The standard InChI is InChI=1S/C9H12O7S/c1-15-9-4-6(7(11)5-10)2-3-8(9)16-17(12,13)14/h2-4,7,10-11H,5H2,1H3,(H,12,13,14)/t7-/m1/s1. The molecule has 0 saturated heterocycles. The van der Waals surface area contributed by atoms with Crippen LogP contribution in [0.1, 0.15) is 11.7 Å². The van der Waals surface area contributed by atoms with Crippen molar-refractivity contribution in [3.63, 3.8) is 0 Å². The van der Waals surface area contributed by atoms with Crippen molar-refractivity contribution in [1.82, 2.24) is 0 Å². The lowest BCUT2D eigenvalue weighted by molar-refractivity contribution is 0.0954. The number of hydrogen-bond donors (Lipinski definition) is 3. The van der Waals surface area contributed by atoms with Crippen LogP contribution in [0.3, 0.4) is 0 Å². The van der Waals surface area contributed by atoms with Crippen LogP contribution in [0.2, 0.25) is 0 Å². The number of methoxy groups -OCH3 is 1. The summed E-state index contributed by atoms with van der Waals surface area (Å²) in [5, 5.41) is 18.1. The lowest BCUT2D eigenvalue weighted by Crippen LogP contribution is -2.08. The van der Waals surface area contributed by atoms with Gasteiger partial charge in [-0.05, 0) is 17.7 Å². The van der Waals surface area contributed by atoms with Crippen LogP contribution < -0.4 is 8.92 Å². The van der Waals surface area contributed by atoms with E-state index in [-0.39, 0.29) is 11.5 Å². The molecule has 0 aliphatic carbocycles. The van der Waals surface area contributed by atoms with Gasteiger partial charge in [0.2, 0.25) is 0 Å². The Morgan fingerprint density at radius 1 is 1.35 bits per heavy atom. The first-order valence-corrected chi connectivity index (χ1v) is 5.87. The van der Waals surface area contributed by atoms with Crippen LogP contribution in [-0.4, -0.2) is 36.9 Å². The van der Waals surface area contributed by atoms with Crippen molar-refractivity contribution in [3.8, 4) is 11.5 Å². The molecule has 0 aliphatic rings. The number of aliphatic hydroxyl groups is 2. The average molecular weight is 264 g/mol. The molecule has 7 nitrogen and oxygen atoms in total. The third-order valence-electron chi connectivity index (χ3n) is 1.94. The Balaban J connectivity index is 3.10. The van der Waals surface area contributed by atoms with E-state index in [9.17, 15) is 13.5 Å². The van der Waals surface area contributed by atoms with Crippen molar-refractivity contribution in [2.45, 2.75) is 6.10 Å². The van der Waals surface area contributed by atoms with Crippen molar-refractivity contribution < 1.29 is 32.1 Å². The monoisotopic (exact) mass is 264 g/mol. The van der Waals surface area contributed by atoms with Gasteiger partial charge in [0.05, 0.1) is 13.7 Å². The van der Waals surface area contributed by atoms with Gasteiger partial charge in [-0.25, -0.2) is 0 Å². The molecule has 0 fully saturated rings. The van der Waals surface area contributed by atoms with E-state index in [4.69, 9.17) is 14.4 Å². The summed E-state index contributed by atoms with van der Waals surface area (Å²) in [5.74, 6) is -0.212. The second-order valence-electron chi connectivity index (χ2n) is 3.12. The summed E-state index contributed by atoms with van der Waals surface area (Å²) in [6.45, 7) is -0.484. The predicted molar refractivity (Wildman–Crippen MR) is 57.2 cm³/mol. The van der Waals surface area contributed by atoms with Crippen LogP contribution in [0.5, 0.6) is 11.5 Å². The average Bonchev–Trinajstić information content (AvgIpc) is 2.26. The molecule has 0 radical (unpaired) electrons. The Morgan fingerprint density at radius 3 is 2.47 bits per heavy atom. The smallest absolute Gasteiger partial charge is 0.446 e. The van der Waals surface area contributed by atoms with Gasteiger partial charge in [-0.15, -0.1) is 0 Å². The van der Waals surface area contributed by atoms with E-state index in [1.807, 2.05) is 0 Å². The number of rotatable bonds is 5. The molecule has 0 saturated carbocycles. The van der Waals surface area contributed by atoms with Crippen molar-refractivity contribution in [3.05, 3.63) is 23.8 Å². The first-order valence-electron chi connectivity index (χ1n) is 4.51. The summed E-state index contributed by atoms with van der Waals surface area (Å²) in [6, 6.07) is 3.83.